The minimum Gasteiger partial charge on any atom is -0.463 e. The lowest BCUT2D eigenvalue weighted by Gasteiger charge is -2.27. The molecular weight excluding hydrogens is 398 g/mol. The van der Waals surface area contributed by atoms with Crippen molar-refractivity contribution >= 4 is 28.5 Å². The molecule has 0 spiro atoms. The normalized spacial score (nSPS) is 17.9. The molecule has 0 radical (unpaired) electrons. The van der Waals surface area contributed by atoms with Crippen molar-refractivity contribution < 1.29 is 23.7 Å². The number of nitrogens with two attached hydrogens (primary N) is 1. The van der Waals surface area contributed by atoms with E-state index in [1.54, 1.807) is 32.0 Å². The zero-order chi connectivity index (χ0) is 20.7. The highest BCUT2D eigenvalue weighted by Crippen LogP contribution is 2.44. The van der Waals surface area contributed by atoms with Crippen molar-refractivity contribution in [3.05, 3.63) is 51.7 Å². The molecule has 0 bridgehead atoms. The van der Waals surface area contributed by atoms with Gasteiger partial charge in [0.1, 0.15) is 22.6 Å². The fourth-order valence-corrected chi connectivity index (χ4v) is 3.68. The van der Waals surface area contributed by atoms with Crippen LogP contribution in [-0.2, 0) is 14.3 Å². The highest BCUT2D eigenvalue weighted by molar-refractivity contribution is 6.30. The zero-order valence-corrected chi connectivity index (χ0v) is 16.4. The monoisotopic (exact) mass is 413 g/mol. The highest BCUT2D eigenvalue weighted by atomic mass is 35.5. The molecule has 4 rings (SSSR count). The Labute approximate surface area is 171 Å². The first-order chi connectivity index (χ1) is 13.9. The minimum absolute atomic E-state index is 0.0578. The van der Waals surface area contributed by atoms with Crippen LogP contribution in [0.3, 0.4) is 0 Å². The van der Waals surface area contributed by atoms with Gasteiger partial charge in [-0.25, -0.2) is 9.78 Å². The maximum atomic E-state index is 12.7. The maximum Gasteiger partial charge on any atom is 0.338 e. The molecule has 2 N–H and O–H groups in total. The van der Waals surface area contributed by atoms with Gasteiger partial charge in [-0.1, -0.05) is 11.6 Å². The molecule has 2 aliphatic heterocycles. The lowest BCUT2D eigenvalue weighted by Crippen LogP contribution is -2.25. The number of esters is 1. The van der Waals surface area contributed by atoms with Gasteiger partial charge in [0.15, 0.2) is 11.5 Å². The second-order valence-electron chi connectivity index (χ2n) is 6.38. The van der Waals surface area contributed by atoms with E-state index in [-0.39, 0.29) is 41.3 Å². The van der Waals surface area contributed by atoms with Gasteiger partial charge in [0.25, 0.3) is 0 Å². The van der Waals surface area contributed by atoms with E-state index in [1.807, 2.05) is 6.07 Å². The Morgan fingerprint density at radius 3 is 2.79 bits per heavy atom. The first-order valence-electron chi connectivity index (χ1n) is 8.79. The largest absolute Gasteiger partial charge is 0.463 e. The summed E-state index contributed by atoms with van der Waals surface area (Å²) in [5.41, 5.74) is 7.16. The van der Waals surface area contributed by atoms with Gasteiger partial charge in [0, 0.05) is 17.0 Å². The van der Waals surface area contributed by atoms with Crippen LogP contribution in [0.2, 0.25) is 5.15 Å². The first kappa shape index (κ1) is 18.9. The molecule has 0 aliphatic carbocycles. The van der Waals surface area contributed by atoms with Gasteiger partial charge < -0.3 is 24.7 Å². The van der Waals surface area contributed by atoms with E-state index < -0.39 is 11.9 Å². The number of carbonyl (C=O) groups is 1. The zero-order valence-electron chi connectivity index (χ0n) is 15.6. The number of hydrogen-bond acceptors (Lipinski definition) is 8. The summed E-state index contributed by atoms with van der Waals surface area (Å²) in [6.07, 6.45) is 0. The molecule has 3 heterocycles. The average molecular weight is 414 g/mol. The molecule has 8 nitrogen and oxygen atoms in total. The van der Waals surface area contributed by atoms with Crippen LogP contribution in [0.5, 0.6) is 11.5 Å². The Kier molecular flexibility index (Phi) is 4.68. The van der Waals surface area contributed by atoms with E-state index >= 15 is 0 Å². The van der Waals surface area contributed by atoms with Crippen LogP contribution >= 0.6 is 11.6 Å². The van der Waals surface area contributed by atoms with Gasteiger partial charge in [-0.05, 0) is 26.0 Å². The van der Waals surface area contributed by atoms with Crippen LogP contribution in [-0.4, -0.2) is 24.4 Å². The lowest BCUT2D eigenvalue weighted by atomic mass is 9.83. The van der Waals surface area contributed by atoms with Gasteiger partial charge in [-0.2, -0.15) is 5.26 Å². The van der Waals surface area contributed by atoms with Crippen LogP contribution in [0.25, 0.3) is 10.9 Å². The summed E-state index contributed by atoms with van der Waals surface area (Å²) < 4.78 is 21.4. The molecule has 148 valence electrons. The number of carbonyl (C=O) groups excluding carboxylic acids is 1. The number of rotatable bonds is 3. The smallest absolute Gasteiger partial charge is 0.338 e. The van der Waals surface area contributed by atoms with E-state index in [4.69, 9.17) is 36.3 Å². The van der Waals surface area contributed by atoms with Crippen LogP contribution < -0.4 is 15.2 Å². The van der Waals surface area contributed by atoms with Crippen molar-refractivity contribution in [3.63, 3.8) is 0 Å². The van der Waals surface area contributed by atoms with Crippen molar-refractivity contribution in [2.24, 2.45) is 5.73 Å². The van der Waals surface area contributed by atoms with Crippen molar-refractivity contribution in [2.75, 3.05) is 13.4 Å². The Balaban J connectivity index is 1.93. The quantitative estimate of drug-likeness (QED) is 0.601. The Morgan fingerprint density at radius 2 is 2.10 bits per heavy atom. The number of allylic oxidation sites excluding steroid dienone is 2. The summed E-state index contributed by atoms with van der Waals surface area (Å²) in [4.78, 5) is 17.1. The number of fused-ring (bicyclic) bond motifs is 2. The summed E-state index contributed by atoms with van der Waals surface area (Å²) in [6.45, 7) is 3.56. The minimum atomic E-state index is -0.873. The lowest BCUT2D eigenvalue weighted by molar-refractivity contribution is -0.139. The molecule has 0 fully saturated rings. The number of nitriles is 1. The summed E-state index contributed by atoms with van der Waals surface area (Å²) in [6, 6.07) is 7.26. The Bertz CT molecular complexity index is 1150. The third-order valence-electron chi connectivity index (χ3n) is 4.70. The summed E-state index contributed by atoms with van der Waals surface area (Å²) in [7, 11) is 0. The van der Waals surface area contributed by atoms with Crippen molar-refractivity contribution in [3.8, 4) is 17.6 Å². The van der Waals surface area contributed by atoms with Gasteiger partial charge in [-0.15, -0.1) is 0 Å². The second kappa shape index (κ2) is 7.18. The van der Waals surface area contributed by atoms with Crippen molar-refractivity contribution in [1.29, 1.82) is 5.26 Å². The number of pyridine rings is 1. The average Bonchev–Trinajstić information content (AvgIpc) is 3.12. The molecule has 2 aromatic rings. The first-order valence-corrected chi connectivity index (χ1v) is 9.17. The fraction of sp³-hybridized carbons (Fsp3) is 0.250. The summed E-state index contributed by atoms with van der Waals surface area (Å²) in [5.74, 6) is -0.187. The summed E-state index contributed by atoms with van der Waals surface area (Å²) in [5, 5.41) is 10.5. The molecule has 0 amide bonds. The fourth-order valence-electron chi connectivity index (χ4n) is 3.43. The van der Waals surface area contributed by atoms with Crippen LogP contribution in [0.4, 0.5) is 0 Å². The van der Waals surface area contributed by atoms with Crippen LogP contribution in [0, 0.1) is 11.3 Å². The number of halogens is 1. The standard InChI is InChI=1S/C20H16ClN3O5/c1-3-26-20(25)16-9(2)29-19(23)12(7-22)17(16)11-4-10-5-14-15(28-8-27-14)6-13(10)24-18(11)21/h4-6,17H,3,8,23H2,1-2H3. The SMILES string of the molecule is CCOC(=O)C1=C(C)OC(N)=C(C#N)C1c1cc2cc3c(cc2nc1Cl)OCO3. The van der Waals surface area contributed by atoms with E-state index in [0.717, 1.165) is 0 Å². The topological polar surface area (TPSA) is 117 Å². The predicted octanol–water partition coefficient (Wildman–Crippen LogP) is 3.26. The van der Waals surface area contributed by atoms with Crippen LogP contribution in [0.1, 0.15) is 25.3 Å². The molecule has 1 aromatic carbocycles. The number of aromatic nitrogens is 1. The second-order valence-corrected chi connectivity index (χ2v) is 6.74. The van der Waals surface area contributed by atoms with E-state index in [0.29, 0.717) is 28.0 Å². The van der Waals surface area contributed by atoms with E-state index in [2.05, 4.69) is 4.98 Å². The Hall–Kier alpha value is -3.44. The van der Waals surface area contributed by atoms with E-state index in [9.17, 15) is 10.1 Å². The van der Waals surface area contributed by atoms with Gasteiger partial charge in [0.2, 0.25) is 12.7 Å². The van der Waals surface area contributed by atoms with E-state index in [1.165, 1.54) is 0 Å². The molecule has 1 atom stereocenters. The number of hydrogen-bond donors (Lipinski definition) is 1. The maximum absolute atomic E-state index is 12.7. The summed E-state index contributed by atoms with van der Waals surface area (Å²) >= 11 is 6.48. The molecule has 29 heavy (non-hydrogen) atoms. The third kappa shape index (κ3) is 3.09. The van der Waals surface area contributed by atoms with Gasteiger partial charge >= 0.3 is 5.97 Å². The third-order valence-corrected chi connectivity index (χ3v) is 5.00. The highest BCUT2D eigenvalue weighted by Gasteiger charge is 2.38. The predicted molar refractivity (Wildman–Crippen MR) is 103 cm³/mol. The van der Waals surface area contributed by atoms with Crippen molar-refractivity contribution in [1.82, 2.24) is 4.98 Å². The molecule has 0 saturated carbocycles. The molecule has 1 unspecified atom stereocenters. The molecule has 9 heteroatoms. The van der Waals surface area contributed by atoms with Crippen molar-refractivity contribution in [2.45, 2.75) is 19.8 Å². The number of benzene rings is 1. The molecule has 2 aliphatic rings. The molecule has 0 saturated heterocycles. The number of ether oxygens (including phenoxy) is 4. The molecular formula is C20H16ClN3O5. The van der Waals surface area contributed by atoms with Gasteiger partial charge in [-0.3, -0.25) is 0 Å². The number of nitrogens with zero attached hydrogens (tertiary/aromatic N) is 2. The molecule has 1 aromatic heterocycles. The van der Waals surface area contributed by atoms with Crippen LogP contribution in [0.15, 0.2) is 41.0 Å². The Morgan fingerprint density at radius 1 is 1.38 bits per heavy atom. The van der Waals surface area contributed by atoms with Gasteiger partial charge in [0.05, 0.1) is 23.6 Å².